The van der Waals surface area contributed by atoms with Crippen LogP contribution in [0.15, 0.2) is 18.2 Å². The molecule has 0 amide bonds. The summed E-state index contributed by atoms with van der Waals surface area (Å²) in [4.78, 5) is 11.2. The molecule has 0 radical (unpaired) electrons. The van der Waals surface area contributed by atoms with E-state index in [4.69, 9.17) is 11.5 Å². The van der Waals surface area contributed by atoms with Gasteiger partial charge >= 0.3 is 12.1 Å². The lowest BCUT2D eigenvalue weighted by Gasteiger charge is -2.37. The monoisotopic (exact) mass is 332 g/mol. The molecule has 0 saturated carbocycles. The van der Waals surface area contributed by atoms with Gasteiger partial charge in [0.1, 0.15) is 5.82 Å². The maximum absolute atomic E-state index is 13.2. The first-order valence-corrected chi connectivity index (χ1v) is 6.60. The molecule has 7 heteroatoms. The predicted molar refractivity (Wildman–Crippen MR) is 75.5 cm³/mol. The number of alkyl halides is 3. The van der Waals surface area contributed by atoms with E-state index in [0.717, 1.165) is 18.2 Å². The molecule has 0 bridgehead atoms. The number of carboxylic acid groups (broad SMARTS) is 1. The largest absolute Gasteiger partial charge is 0.478 e. The van der Waals surface area contributed by atoms with E-state index in [0.29, 0.717) is 0 Å². The van der Waals surface area contributed by atoms with Crippen molar-refractivity contribution in [3.05, 3.63) is 35.1 Å². The second-order valence-electron chi connectivity index (χ2n) is 5.97. The van der Waals surface area contributed by atoms with Gasteiger partial charge in [0.2, 0.25) is 0 Å². The van der Waals surface area contributed by atoms with Gasteiger partial charge in [-0.05, 0) is 29.5 Å². The van der Waals surface area contributed by atoms with Crippen molar-refractivity contribution < 1.29 is 32.6 Å². The van der Waals surface area contributed by atoms with Crippen LogP contribution in [0.3, 0.4) is 0 Å². The first-order valence-electron chi connectivity index (χ1n) is 6.60. The fraction of sp³-hybridized carbons (Fsp3) is 0.438. The number of carboxylic acids is 1. The molecule has 1 aromatic rings. The van der Waals surface area contributed by atoms with Gasteiger partial charge in [-0.1, -0.05) is 19.9 Å². The van der Waals surface area contributed by atoms with Gasteiger partial charge in [0.05, 0.1) is 5.56 Å². The topological polar surface area (TPSA) is 57.5 Å². The Morgan fingerprint density at radius 2 is 1.87 bits per heavy atom. The number of hydrogen-bond acceptors (Lipinski definition) is 2. The lowest BCUT2D eigenvalue weighted by molar-refractivity contribution is -0.264. The van der Waals surface area contributed by atoms with E-state index in [1.54, 1.807) is 5.92 Å². The van der Waals surface area contributed by atoms with E-state index in [1.165, 1.54) is 13.8 Å². The fourth-order valence-corrected chi connectivity index (χ4v) is 2.54. The smallest absolute Gasteiger partial charge is 0.418 e. The van der Waals surface area contributed by atoms with Crippen molar-refractivity contribution in [2.45, 2.75) is 43.9 Å². The Bertz CT molecular complexity index is 644. The summed E-state index contributed by atoms with van der Waals surface area (Å²) >= 11 is 0. The highest BCUT2D eigenvalue weighted by molar-refractivity contribution is 5.89. The lowest BCUT2D eigenvalue weighted by atomic mass is 9.72. The fourth-order valence-electron chi connectivity index (χ4n) is 2.54. The van der Waals surface area contributed by atoms with Crippen LogP contribution in [-0.4, -0.2) is 28.0 Å². The third-order valence-corrected chi connectivity index (χ3v) is 3.60. The van der Waals surface area contributed by atoms with E-state index >= 15 is 0 Å². The molecule has 0 aliphatic heterocycles. The third kappa shape index (κ3) is 4.02. The number of carbonyl (C=O) groups is 1. The van der Waals surface area contributed by atoms with Crippen LogP contribution in [0.5, 0.6) is 0 Å². The molecular weight excluding hydrogens is 316 g/mol. The van der Waals surface area contributed by atoms with Gasteiger partial charge in [-0.2, -0.15) is 13.2 Å². The quantitative estimate of drug-likeness (QED) is 0.641. The van der Waals surface area contributed by atoms with Crippen molar-refractivity contribution in [3.63, 3.8) is 0 Å². The number of benzene rings is 1. The maximum Gasteiger partial charge on any atom is 0.418 e. The average Bonchev–Trinajstić information content (AvgIpc) is 2.36. The Morgan fingerprint density at radius 3 is 2.30 bits per heavy atom. The standard InChI is InChI=1S/C16H16F4O3/c1-4-7-15(23,16(18,19)20)9-14(2,3)12-6-5-10(17)8-11(12)13(21)22/h1,5-6,8,23H,7,9H2,2-3H3,(H,21,22). The molecule has 1 atom stereocenters. The summed E-state index contributed by atoms with van der Waals surface area (Å²) in [5, 5.41) is 19.1. The maximum atomic E-state index is 13.2. The summed E-state index contributed by atoms with van der Waals surface area (Å²) in [7, 11) is 0. The van der Waals surface area contributed by atoms with Crippen molar-refractivity contribution in [2.75, 3.05) is 0 Å². The van der Waals surface area contributed by atoms with Gasteiger partial charge in [-0.3, -0.25) is 0 Å². The second-order valence-corrected chi connectivity index (χ2v) is 5.97. The number of aliphatic hydroxyl groups is 1. The van der Waals surface area contributed by atoms with Crippen LogP contribution in [-0.2, 0) is 5.41 Å². The van der Waals surface area contributed by atoms with Crippen LogP contribution in [0.25, 0.3) is 0 Å². The first kappa shape index (κ1) is 19.0. The Hall–Kier alpha value is -2.07. The van der Waals surface area contributed by atoms with E-state index < -0.39 is 47.4 Å². The van der Waals surface area contributed by atoms with Crippen LogP contribution in [0.2, 0.25) is 0 Å². The highest BCUT2D eigenvalue weighted by Crippen LogP contribution is 2.43. The van der Waals surface area contributed by atoms with Crippen LogP contribution in [0.1, 0.15) is 42.6 Å². The predicted octanol–water partition coefficient (Wildman–Crippen LogP) is 3.51. The number of terminal acetylenes is 1. The molecule has 1 aromatic carbocycles. The zero-order valence-electron chi connectivity index (χ0n) is 12.5. The summed E-state index contributed by atoms with van der Waals surface area (Å²) < 4.78 is 52.6. The van der Waals surface area contributed by atoms with Gasteiger partial charge in [-0.15, -0.1) is 12.3 Å². The zero-order valence-corrected chi connectivity index (χ0v) is 12.5. The highest BCUT2D eigenvalue weighted by atomic mass is 19.4. The Kier molecular flexibility index (Phi) is 5.12. The van der Waals surface area contributed by atoms with Crippen molar-refractivity contribution in [1.82, 2.24) is 0 Å². The SMILES string of the molecule is C#CCC(O)(CC(C)(C)c1ccc(F)cc1C(=O)O)C(F)(F)F. The van der Waals surface area contributed by atoms with Gasteiger partial charge in [-0.25, -0.2) is 9.18 Å². The van der Waals surface area contributed by atoms with Gasteiger partial charge in [0.15, 0.2) is 5.60 Å². The minimum Gasteiger partial charge on any atom is -0.478 e. The molecule has 0 spiro atoms. The summed E-state index contributed by atoms with van der Waals surface area (Å²) in [5.41, 5.74) is -5.07. The van der Waals surface area contributed by atoms with Crippen LogP contribution >= 0.6 is 0 Å². The molecule has 0 aliphatic carbocycles. The van der Waals surface area contributed by atoms with Gasteiger partial charge < -0.3 is 10.2 Å². The Morgan fingerprint density at radius 1 is 1.30 bits per heavy atom. The lowest BCUT2D eigenvalue weighted by Crippen LogP contribution is -2.49. The molecule has 23 heavy (non-hydrogen) atoms. The summed E-state index contributed by atoms with van der Waals surface area (Å²) in [6.07, 6.45) is -1.90. The van der Waals surface area contributed by atoms with Gasteiger partial charge in [0, 0.05) is 6.42 Å². The normalized spacial score (nSPS) is 14.9. The van der Waals surface area contributed by atoms with Crippen molar-refractivity contribution in [2.24, 2.45) is 0 Å². The summed E-state index contributed by atoms with van der Waals surface area (Å²) in [6, 6.07) is 2.79. The zero-order chi connectivity index (χ0) is 18.1. The van der Waals surface area contributed by atoms with Crippen LogP contribution in [0.4, 0.5) is 17.6 Å². The molecule has 0 fully saturated rings. The highest BCUT2D eigenvalue weighted by Gasteiger charge is 2.55. The van der Waals surface area contributed by atoms with Crippen molar-refractivity contribution in [1.29, 1.82) is 0 Å². The van der Waals surface area contributed by atoms with Crippen LogP contribution in [0, 0.1) is 18.2 Å². The van der Waals surface area contributed by atoms with E-state index in [9.17, 15) is 27.5 Å². The molecule has 0 aromatic heterocycles. The molecule has 0 aliphatic rings. The molecule has 3 nitrogen and oxygen atoms in total. The molecular formula is C16H16F4O3. The molecule has 0 heterocycles. The number of rotatable bonds is 5. The number of hydrogen-bond donors (Lipinski definition) is 2. The molecule has 1 rings (SSSR count). The molecule has 0 saturated heterocycles. The third-order valence-electron chi connectivity index (χ3n) is 3.60. The molecule has 2 N–H and O–H groups in total. The first-order chi connectivity index (χ1) is 10.3. The van der Waals surface area contributed by atoms with E-state index in [2.05, 4.69) is 0 Å². The number of aromatic carboxylic acids is 1. The van der Waals surface area contributed by atoms with E-state index in [-0.39, 0.29) is 5.56 Å². The van der Waals surface area contributed by atoms with E-state index in [1.807, 2.05) is 0 Å². The van der Waals surface area contributed by atoms with Crippen molar-refractivity contribution in [3.8, 4) is 12.3 Å². The molecule has 1 unspecified atom stereocenters. The minimum absolute atomic E-state index is 0.0221. The minimum atomic E-state index is -4.99. The number of halogens is 4. The summed E-state index contributed by atoms with van der Waals surface area (Å²) in [6.45, 7) is 2.67. The van der Waals surface area contributed by atoms with Crippen molar-refractivity contribution >= 4 is 5.97 Å². The van der Waals surface area contributed by atoms with Gasteiger partial charge in [0.25, 0.3) is 0 Å². The molecule has 126 valence electrons. The summed E-state index contributed by atoms with van der Waals surface area (Å²) in [5.74, 6) is -0.506. The average molecular weight is 332 g/mol. The Balaban J connectivity index is 3.37. The van der Waals surface area contributed by atoms with Crippen LogP contribution < -0.4 is 0 Å². The Labute approximate surface area is 130 Å². The second kappa shape index (κ2) is 6.20.